The fraction of sp³-hybridized carbons (Fsp3) is 0.515. The van der Waals surface area contributed by atoms with E-state index in [2.05, 4.69) is 67.1 Å². The number of likely N-dealkylation sites (tertiary alicyclic amines) is 2. The molecule has 0 amide bonds. The summed E-state index contributed by atoms with van der Waals surface area (Å²) in [5, 5.41) is 11.0. The van der Waals surface area contributed by atoms with Crippen molar-refractivity contribution in [1.29, 1.82) is 0 Å². The van der Waals surface area contributed by atoms with Crippen LogP contribution in [-0.2, 0) is 11.2 Å². The number of carbonyl (C=O) groups is 1. The van der Waals surface area contributed by atoms with Crippen LogP contribution in [0.1, 0.15) is 67.8 Å². The van der Waals surface area contributed by atoms with Crippen molar-refractivity contribution in [3.8, 4) is 0 Å². The second kappa shape index (κ2) is 14.3. The Bertz CT molecular complexity index is 1170. The Morgan fingerprint density at radius 3 is 2.25 bits per heavy atom. The lowest BCUT2D eigenvalue weighted by Crippen LogP contribution is -2.43. The number of hydrogen-bond acceptors (Lipinski definition) is 5. The minimum Gasteiger partial charge on any atom is -0.480 e. The molecule has 7 heteroatoms. The molecule has 0 aliphatic carbocycles. The van der Waals surface area contributed by atoms with Gasteiger partial charge in [0.05, 0.1) is 5.01 Å². The number of aliphatic carboxylic acids is 1. The van der Waals surface area contributed by atoms with Gasteiger partial charge in [-0.2, -0.15) is 0 Å². The molecular formula is C33H44FN3O2S. The molecule has 2 atom stereocenters. The second-order valence-corrected chi connectivity index (χ2v) is 13.6. The Morgan fingerprint density at radius 1 is 1.02 bits per heavy atom. The van der Waals surface area contributed by atoms with Gasteiger partial charge in [-0.15, -0.1) is 11.3 Å². The molecule has 2 fully saturated rings. The van der Waals surface area contributed by atoms with Gasteiger partial charge in [-0.05, 0) is 80.3 Å². The first kappa shape index (κ1) is 30.4. The number of carboxylic acids is 1. The number of aromatic nitrogens is 1. The van der Waals surface area contributed by atoms with E-state index in [0.717, 1.165) is 45.6 Å². The molecule has 216 valence electrons. The fourth-order valence-electron chi connectivity index (χ4n) is 5.79. The van der Waals surface area contributed by atoms with Crippen LogP contribution in [0.4, 0.5) is 4.39 Å². The number of benzene rings is 2. The zero-order valence-corrected chi connectivity index (χ0v) is 25.0. The molecule has 40 heavy (non-hydrogen) atoms. The number of thiazole rings is 1. The maximum Gasteiger partial charge on any atom is 0.320 e. The number of nitrogens with zero attached hydrogens (tertiary/aromatic N) is 3. The van der Waals surface area contributed by atoms with E-state index in [1.165, 1.54) is 40.4 Å². The highest BCUT2D eigenvalue weighted by atomic mass is 32.1. The van der Waals surface area contributed by atoms with E-state index >= 15 is 0 Å². The molecule has 3 heterocycles. The quantitative estimate of drug-likeness (QED) is 0.320. The van der Waals surface area contributed by atoms with Gasteiger partial charge < -0.3 is 10.0 Å². The topological polar surface area (TPSA) is 56.7 Å². The largest absolute Gasteiger partial charge is 0.480 e. The molecule has 0 bridgehead atoms. The van der Waals surface area contributed by atoms with Crippen molar-refractivity contribution in [3.05, 3.63) is 88.1 Å². The molecule has 1 aromatic heterocycles. The summed E-state index contributed by atoms with van der Waals surface area (Å²) in [6, 6.07) is 18.2. The monoisotopic (exact) mass is 565 g/mol. The number of hydrogen-bond donors (Lipinski definition) is 1. The summed E-state index contributed by atoms with van der Waals surface area (Å²) in [5.41, 5.74) is 1.35. The van der Waals surface area contributed by atoms with Crippen LogP contribution >= 0.6 is 11.3 Å². The van der Waals surface area contributed by atoms with E-state index in [9.17, 15) is 14.3 Å². The van der Waals surface area contributed by atoms with Crippen LogP contribution in [0.5, 0.6) is 0 Å². The lowest BCUT2D eigenvalue weighted by Gasteiger charge is -2.33. The average Bonchev–Trinajstić information content (AvgIpc) is 3.58. The summed E-state index contributed by atoms with van der Waals surface area (Å²) in [4.78, 5) is 22.9. The zero-order valence-electron chi connectivity index (χ0n) is 24.1. The fourth-order valence-corrected chi connectivity index (χ4v) is 6.92. The van der Waals surface area contributed by atoms with E-state index in [0.29, 0.717) is 18.3 Å². The van der Waals surface area contributed by atoms with Crippen LogP contribution in [0.15, 0.2) is 66.9 Å². The van der Waals surface area contributed by atoms with Crippen molar-refractivity contribution in [2.45, 2.75) is 64.8 Å². The number of carboxylic acid groups (broad SMARTS) is 1. The van der Waals surface area contributed by atoms with E-state index in [4.69, 9.17) is 4.98 Å². The van der Waals surface area contributed by atoms with Crippen molar-refractivity contribution >= 4 is 17.3 Å². The van der Waals surface area contributed by atoms with E-state index in [1.54, 1.807) is 18.2 Å². The summed E-state index contributed by atoms with van der Waals surface area (Å²) in [6.45, 7) is 11.6. The molecule has 5 rings (SSSR count). The molecule has 2 aliphatic rings. The predicted octanol–water partition coefficient (Wildman–Crippen LogP) is 6.95. The van der Waals surface area contributed by atoms with Crippen molar-refractivity contribution in [1.82, 2.24) is 14.8 Å². The smallest absolute Gasteiger partial charge is 0.320 e. The third-order valence-electron chi connectivity index (χ3n) is 7.86. The zero-order chi connectivity index (χ0) is 28.5. The summed E-state index contributed by atoms with van der Waals surface area (Å²) in [6.07, 6.45) is 7.26. The maximum absolute atomic E-state index is 11.9. The normalized spacial score (nSPS) is 19.6. The first-order valence-electron chi connectivity index (χ1n) is 14.5. The number of piperidine rings is 1. The predicted molar refractivity (Wildman–Crippen MR) is 161 cm³/mol. The third kappa shape index (κ3) is 9.50. The molecule has 1 N–H and O–H groups in total. The molecule has 0 spiro atoms. The van der Waals surface area contributed by atoms with Gasteiger partial charge in [0, 0.05) is 30.6 Å². The molecule has 0 radical (unpaired) electrons. The van der Waals surface area contributed by atoms with Gasteiger partial charge in [0.2, 0.25) is 0 Å². The van der Waals surface area contributed by atoms with E-state index < -0.39 is 5.97 Å². The van der Waals surface area contributed by atoms with Crippen LogP contribution in [0.25, 0.3) is 0 Å². The van der Waals surface area contributed by atoms with Crippen LogP contribution < -0.4 is 0 Å². The van der Waals surface area contributed by atoms with E-state index in [1.807, 2.05) is 11.3 Å². The summed E-state index contributed by atoms with van der Waals surface area (Å²) < 4.78 is 11.9. The Morgan fingerprint density at radius 2 is 1.68 bits per heavy atom. The standard InChI is InChI=1S/C27H39N3O2S.C6H5F/c1-27(2,3)16-23(26(31)32)30-14-9-21(19-30)18-29-12-10-22(11-13-29)24-17-28-25(33-24)15-20-7-5-4-6-8-20;7-6-4-2-1-3-5-6/h4-8,17,21-23H,9-16,18-19H2,1-3H3,(H,31,32);1-5H. The lowest BCUT2D eigenvalue weighted by molar-refractivity contribution is -0.144. The van der Waals surface area contributed by atoms with Gasteiger partial charge in [0.25, 0.3) is 0 Å². The van der Waals surface area contributed by atoms with Crippen molar-refractivity contribution in [3.63, 3.8) is 0 Å². The minimum atomic E-state index is -0.664. The molecule has 5 nitrogen and oxygen atoms in total. The van der Waals surface area contributed by atoms with Crippen LogP contribution in [0.3, 0.4) is 0 Å². The van der Waals surface area contributed by atoms with Gasteiger partial charge >= 0.3 is 5.97 Å². The molecule has 0 saturated carbocycles. The second-order valence-electron chi connectivity index (χ2n) is 12.5. The van der Waals surface area contributed by atoms with E-state index in [-0.39, 0.29) is 17.3 Å². The van der Waals surface area contributed by atoms with Crippen LogP contribution in [-0.4, -0.2) is 64.6 Å². The SMILES string of the molecule is CC(C)(C)CC(C(=O)O)N1CCC(CN2CCC(c3cnc(Cc4ccccc4)s3)CC2)C1.Fc1ccccc1. The molecule has 2 aromatic carbocycles. The first-order valence-corrected chi connectivity index (χ1v) is 15.4. The van der Waals surface area contributed by atoms with Crippen LogP contribution in [0.2, 0.25) is 0 Å². The van der Waals surface area contributed by atoms with Gasteiger partial charge in [-0.1, -0.05) is 69.3 Å². The maximum atomic E-state index is 11.9. The summed E-state index contributed by atoms with van der Waals surface area (Å²) >= 11 is 1.89. The highest BCUT2D eigenvalue weighted by molar-refractivity contribution is 7.11. The molecular weight excluding hydrogens is 521 g/mol. The molecule has 2 unspecified atom stereocenters. The third-order valence-corrected chi connectivity index (χ3v) is 9.02. The van der Waals surface area contributed by atoms with Crippen molar-refractivity contribution in [2.24, 2.45) is 11.3 Å². The van der Waals surface area contributed by atoms with Crippen LogP contribution in [0, 0.1) is 17.2 Å². The Kier molecular flexibility index (Phi) is 10.9. The lowest BCUT2D eigenvalue weighted by atomic mass is 9.87. The summed E-state index contributed by atoms with van der Waals surface area (Å²) in [5.74, 6) is 0.376. The number of halogens is 1. The molecule has 2 saturated heterocycles. The molecule has 3 aromatic rings. The first-order chi connectivity index (χ1) is 19.2. The van der Waals surface area contributed by atoms with Gasteiger partial charge in [-0.3, -0.25) is 9.69 Å². The highest BCUT2D eigenvalue weighted by Gasteiger charge is 2.36. The molecule has 2 aliphatic heterocycles. The number of rotatable bonds is 8. The summed E-state index contributed by atoms with van der Waals surface area (Å²) in [7, 11) is 0. The van der Waals surface area contributed by atoms with Gasteiger partial charge in [0.15, 0.2) is 0 Å². The minimum absolute atomic E-state index is 0.0284. The Balaban J connectivity index is 0.000000461. The highest BCUT2D eigenvalue weighted by Crippen LogP contribution is 2.34. The Labute approximate surface area is 243 Å². The Hall–Kier alpha value is -2.61. The van der Waals surface area contributed by atoms with Gasteiger partial charge in [0.1, 0.15) is 11.9 Å². The van der Waals surface area contributed by atoms with Gasteiger partial charge in [-0.25, -0.2) is 9.37 Å². The van der Waals surface area contributed by atoms with Crippen molar-refractivity contribution in [2.75, 3.05) is 32.7 Å². The van der Waals surface area contributed by atoms with Crippen molar-refractivity contribution < 1.29 is 14.3 Å². The average molecular weight is 566 g/mol.